The highest BCUT2D eigenvalue weighted by Crippen LogP contribution is 2.25. The van der Waals surface area contributed by atoms with Crippen LogP contribution in [0.4, 0.5) is 5.69 Å². The molecule has 0 fully saturated rings. The van der Waals surface area contributed by atoms with E-state index in [1.807, 2.05) is 0 Å². The molecule has 8 heteroatoms. The summed E-state index contributed by atoms with van der Waals surface area (Å²) in [6.45, 7) is 1.60. The molecule has 0 aromatic heterocycles. The highest BCUT2D eigenvalue weighted by molar-refractivity contribution is 6.42. The molecule has 0 radical (unpaired) electrons. The minimum absolute atomic E-state index is 0.0265. The third kappa shape index (κ3) is 5.48. The highest BCUT2D eigenvalue weighted by atomic mass is 35.5. The number of benzene rings is 2. The third-order valence-electron chi connectivity index (χ3n) is 3.12. The maximum absolute atomic E-state index is 12.0. The molecule has 0 aliphatic heterocycles. The van der Waals surface area contributed by atoms with E-state index in [1.165, 1.54) is 18.2 Å². The molecule has 0 bridgehead atoms. The van der Waals surface area contributed by atoms with Gasteiger partial charge in [0, 0.05) is 11.4 Å². The van der Waals surface area contributed by atoms with Gasteiger partial charge < -0.3 is 10.4 Å². The van der Waals surface area contributed by atoms with Gasteiger partial charge in [-0.25, -0.2) is 5.43 Å². The van der Waals surface area contributed by atoms with Crippen molar-refractivity contribution in [2.75, 3.05) is 5.32 Å². The number of halogens is 2. The molecule has 2 rings (SSSR count). The molecule has 3 N–H and O–H groups in total. The van der Waals surface area contributed by atoms with Crippen molar-refractivity contribution in [1.29, 1.82) is 0 Å². The number of phenols is 1. The number of aromatic hydroxyl groups is 1. The molecular formula is C17H15Cl2N3O3. The predicted molar refractivity (Wildman–Crippen MR) is 98.4 cm³/mol. The zero-order valence-electron chi connectivity index (χ0n) is 13.2. The van der Waals surface area contributed by atoms with E-state index in [9.17, 15) is 14.7 Å². The number of phenolic OH excluding ortho intramolecular Hbond substituents is 1. The second kappa shape index (κ2) is 8.50. The summed E-state index contributed by atoms with van der Waals surface area (Å²) in [5, 5.41) is 16.8. The zero-order valence-corrected chi connectivity index (χ0v) is 14.7. The molecule has 0 saturated carbocycles. The Morgan fingerprint density at radius 1 is 1.12 bits per heavy atom. The topological polar surface area (TPSA) is 90.8 Å². The predicted octanol–water partition coefficient (Wildman–Crippen LogP) is 3.83. The van der Waals surface area contributed by atoms with Gasteiger partial charge in [-0.15, -0.1) is 0 Å². The van der Waals surface area contributed by atoms with Crippen LogP contribution in [0.25, 0.3) is 0 Å². The quantitative estimate of drug-likeness (QED) is 0.544. The molecule has 25 heavy (non-hydrogen) atoms. The molecule has 0 aliphatic rings. The Balaban J connectivity index is 1.92. The van der Waals surface area contributed by atoms with E-state index in [4.69, 9.17) is 23.2 Å². The summed E-state index contributed by atoms with van der Waals surface area (Å²) < 4.78 is 0. The van der Waals surface area contributed by atoms with Crippen LogP contribution in [0.5, 0.6) is 5.75 Å². The van der Waals surface area contributed by atoms with E-state index >= 15 is 0 Å². The number of anilines is 1. The Morgan fingerprint density at radius 2 is 1.84 bits per heavy atom. The van der Waals surface area contributed by atoms with Gasteiger partial charge >= 0.3 is 0 Å². The molecule has 0 spiro atoms. The van der Waals surface area contributed by atoms with Crippen molar-refractivity contribution >= 4 is 46.4 Å². The molecule has 0 atom stereocenters. The van der Waals surface area contributed by atoms with Crippen molar-refractivity contribution in [1.82, 2.24) is 5.43 Å². The number of carbonyl (C=O) groups is 2. The van der Waals surface area contributed by atoms with Crippen LogP contribution < -0.4 is 10.7 Å². The lowest BCUT2D eigenvalue weighted by Gasteiger charge is -2.07. The minimum Gasteiger partial charge on any atom is -0.507 e. The summed E-state index contributed by atoms with van der Waals surface area (Å²) in [7, 11) is 0. The highest BCUT2D eigenvalue weighted by Gasteiger charge is 2.10. The Morgan fingerprint density at radius 3 is 2.52 bits per heavy atom. The Hall–Kier alpha value is -2.57. The fourth-order valence-electron chi connectivity index (χ4n) is 1.92. The Labute approximate surface area is 154 Å². The van der Waals surface area contributed by atoms with Gasteiger partial charge in [-0.2, -0.15) is 5.10 Å². The van der Waals surface area contributed by atoms with Crippen LogP contribution in [-0.2, 0) is 4.79 Å². The number of para-hydroxylation sites is 1. The average molecular weight is 380 g/mol. The Kier molecular flexibility index (Phi) is 6.38. The maximum Gasteiger partial charge on any atom is 0.275 e. The van der Waals surface area contributed by atoms with Crippen molar-refractivity contribution in [3.63, 3.8) is 0 Å². The lowest BCUT2D eigenvalue weighted by atomic mass is 10.2. The van der Waals surface area contributed by atoms with Gasteiger partial charge in [0.2, 0.25) is 5.91 Å². The normalized spacial score (nSPS) is 11.1. The van der Waals surface area contributed by atoms with Crippen molar-refractivity contribution in [2.45, 2.75) is 13.3 Å². The Bertz CT molecular complexity index is 838. The first-order valence-electron chi connectivity index (χ1n) is 7.23. The molecule has 0 aliphatic carbocycles. The van der Waals surface area contributed by atoms with E-state index < -0.39 is 5.91 Å². The number of rotatable bonds is 5. The van der Waals surface area contributed by atoms with Gasteiger partial charge in [0.15, 0.2) is 0 Å². The van der Waals surface area contributed by atoms with Gasteiger partial charge in [0.1, 0.15) is 5.75 Å². The summed E-state index contributed by atoms with van der Waals surface area (Å²) in [5.74, 6) is -1.04. The molecular weight excluding hydrogens is 365 g/mol. The van der Waals surface area contributed by atoms with E-state index in [-0.39, 0.29) is 23.6 Å². The second-order valence-corrected chi connectivity index (χ2v) is 5.97. The van der Waals surface area contributed by atoms with E-state index in [0.29, 0.717) is 21.4 Å². The van der Waals surface area contributed by atoms with E-state index in [2.05, 4.69) is 15.8 Å². The number of hydrazone groups is 1. The number of hydrogen-bond donors (Lipinski definition) is 3. The number of amides is 2. The molecule has 0 heterocycles. The number of nitrogens with zero attached hydrogens (tertiary/aromatic N) is 1. The molecule has 6 nitrogen and oxygen atoms in total. The molecule has 0 saturated heterocycles. The van der Waals surface area contributed by atoms with Crippen LogP contribution in [0.2, 0.25) is 10.0 Å². The van der Waals surface area contributed by atoms with Gasteiger partial charge in [-0.05, 0) is 37.3 Å². The fourth-order valence-corrected chi connectivity index (χ4v) is 2.22. The molecule has 130 valence electrons. The fraction of sp³-hybridized carbons (Fsp3) is 0.118. The van der Waals surface area contributed by atoms with E-state index in [1.54, 1.807) is 31.2 Å². The molecule has 0 unspecified atom stereocenters. The van der Waals surface area contributed by atoms with Crippen molar-refractivity contribution in [3.8, 4) is 5.75 Å². The van der Waals surface area contributed by atoms with Crippen molar-refractivity contribution in [2.24, 2.45) is 5.10 Å². The van der Waals surface area contributed by atoms with Crippen LogP contribution in [0.3, 0.4) is 0 Å². The number of nitrogens with one attached hydrogen (secondary N) is 2. The van der Waals surface area contributed by atoms with Crippen LogP contribution in [0, 0.1) is 0 Å². The first kappa shape index (κ1) is 18.8. The minimum atomic E-state index is -0.567. The first-order valence-corrected chi connectivity index (χ1v) is 7.99. The summed E-state index contributed by atoms with van der Waals surface area (Å²) in [6, 6.07) is 10.8. The number of carbonyl (C=O) groups excluding carboxylic acids is 2. The number of hydrogen-bond acceptors (Lipinski definition) is 4. The summed E-state index contributed by atoms with van der Waals surface area (Å²) in [5.41, 5.74) is 3.29. The van der Waals surface area contributed by atoms with Gasteiger partial charge in [-0.1, -0.05) is 35.3 Å². The largest absolute Gasteiger partial charge is 0.507 e. The van der Waals surface area contributed by atoms with Crippen LogP contribution in [-0.4, -0.2) is 22.6 Å². The molecule has 2 amide bonds. The third-order valence-corrected chi connectivity index (χ3v) is 3.86. The van der Waals surface area contributed by atoms with Crippen molar-refractivity contribution < 1.29 is 14.7 Å². The van der Waals surface area contributed by atoms with Crippen LogP contribution in [0.15, 0.2) is 47.6 Å². The lowest BCUT2D eigenvalue weighted by molar-refractivity contribution is -0.115. The standard InChI is InChI=1S/C17H15Cl2N3O3/c1-10(21-22-17(25)12-4-2-3-5-15(12)23)8-16(24)20-11-6-7-13(18)14(19)9-11/h2-7,9,23H,8H2,1H3,(H,20,24)(H,22,25)/b21-10-. The van der Waals surface area contributed by atoms with Gasteiger partial charge in [0.25, 0.3) is 5.91 Å². The zero-order chi connectivity index (χ0) is 18.4. The summed E-state index contributed by atoms with van der Waals surface area (Å²) >= 11 is 11.7. The van der Waals surface area contributed by atoms with Crippen molar-refractivity contribution in [3.05, 3.63) is 58.1 Å². The lowest BCUT2D eigenvalue weighted by Crippen LogP contribution is -2.21. The molecule has 2 aromatic rings. The maximum atomic E-state index is 12.0. The van der Waals surface area contributed by atoms with Gasteiger partial charge in [0.05, 0.1) is 22.0 Å². The SMILES string of the molecule is C/C(CC(=O)Nc1ccc(Cl)c(Cl)c1)=N/NC(=O)c1ccccc1O. The van der Waals surface area contributed by atoms with E-state index in [0.717, 1.165) is 0 Å². The monoisotopic (exact) mass is 379 g/mol. The molecule has 2 aromatic carbocycles. The first-order chi connectivity index (χ1) is 11.9. The average Bonchev–Trinajstić information content (AvgIpc) is 2.56. The summed E-state index contributed by atoms with van der Waals surface area (Å²) in [4.78, 5) is 23.9. The van der Waals surface area contributed by atoms with Crippen LogP contribution in [0.1, 0.15) is 23.7 Å². The van der Waals surface area contributed by atoms with Gasteiger partial charge in [-0.3, -0.25) is 9.59 Å². The summed E-state index contributed by atoms with van der Waals surface area (Å²) in [6.07, 6.45) is -0.0265. The second-order valence-electron chi connectivity index (χ2n) is 5.16. The van der Waals surface area contributed by atoms with Crippen LogP contribution >= 0.6 is 23.2 Å². The smallest absolute Gasteiger partial charge is 0.275 e.